The van der Waals surface area contributed by atoms with Crippen molar-refractivity contribution >= 4 is 11.6 Å². The lowest BCUT2D eigenvalue weighted by molar-refractivity contribution is 0.115. The predicted octanol–water partition coefficient (Wildman–Crippen LogP) is 2.95. The van der Waals surface area contributed by atoms with E-state index < -0.39 is 0 Å². The molecule has 0 aliphatic carbocycles. The SMILES string of the molecule is CCCc1nnc(Cl)n1CCOCCC(C)C. The van der Waals surface area contributed by atoms with E-state index in [9.17, 15) is 0 Å². The predicted molar refractivity (Wildman–Crippen MR) is 69.3 cm³/mol. The van der Waals surface area contributed by atoms with Gasteiger partial charge in [-0.2, -0.15) is 0 Å². The Hall–Kier alpha value is -0.610. The van der Waals surface area contributed by atoms with Crippen molar-refractivity contribution in [3.05, 3.63) is 11.1 Å². The van der Waals surface area contributed by atoms with E-state index >= 15 is 0 Å². The molecule has 0 bridgehead atoms. The first-order valence-corrected chi connectivity index (χ1v) is 6.68. The second kappa shape index (κ2) is 7.67. The molecular formula is C12H22ClN3O. The summed E-state index contributed by atoms with van der Waals surface area (Å²) in [4.78, 5) is 0. The summed E-state index contributed by atoms with van der Waals surface area (Å²) in [5.74, 6) is 1.63. The molecule has 0 saturated heterocycles. The average Bonchev–Trinajstić information content (AvgIpc) is 2.61. The van der Waals surface area contributed by atoms with Gasteiger partial charge in [0.1, 0.15) is 5.82 Å². The van der Waals surface area contributed by atoms with Gasteiger partial charge >= 0.3 is 0 Å². The summed E-state index contributed by atoms with van der Waals surface area (Å²) in [6.07, 6.45) is 3.05. The van der Waals surface area contributed by atoms with Crippen molar-refractivity contribution in [2.24, 2.45) is 5.92 Å². The van der Waals surface area contributed by atoms with Crippen molar-refractivity contribution in [3.8, 4) is 0 Å². The van der Waals surface area contributed by atoms with Crippen LogP contribution in [0.3, 0.4) is 0 Å². The van der Waals surface area contributed by atoms with Crippen LogP contribution in [0.1, 0.15) is 39.4 Å². The number of rotatable bonds is 8. The first-order chi connectivity index (χ1) is 8.15. The molecule has 0 amide bonds. The first kappa shape index (κ1) is 14.5. The summed E-state index contributed by atoms with van der Waals surface area (Å²) in [5.41, 5.74) is 0. The van der Waals surface area contributed by atoms with Crippen LogP contribution in [0.2, 0.25) is 5.28 Å². The lowest BCUT2D eigenvalue weighted by Crippen LogP contribution is -2.11. The highest BCUT2D eigenvalue weighted by Crippen LogP contribution is 2.09. The molecule has 1 aromatic rings. The average molecular weight is 260 g/mol. The van der Waals surface area contributed by atoms with Gasteiger partial charge in [0.25, 0.3) is 0 Å². The van der Waals surface area contributed by atoms with Gasteiger partial charge < -0.3 is 4.74 Å². The number of hydrogen-bond donors (Lipinski definition) is 0. The lowest BCUT2D eigenvalue weighted by atomic mass is 10.1. The minimum Gasteiger partial charge on any atom is -0.380 e. The van der Waals surface area contributed by atoms with Crippen LogP contribution in [0.25, 0.3) is 0 Å². The van der Waals surface area contributed by atoms with Crippen molar-refractivity contribution in [2.45, 2.75) is 46.6 Å². The number of halogens is 1. The fourth-order valence-electron chi connectivity index (χ4n) is 1.52. The molecule has 98 valence electrons. The second-order valence-electron chi connectivity index (χ2n) is 4.58. The van der Waals surface area contributed by atoms with Crippen molar-refractivity contribution in [1.29, 1.82) is 0 Å². The monoisotopic (exact) mass is 259 g/mol. The summed E-state index contributed by atoms with van der Waals surface area (Å²) in [6, 6.07) is 0. The summed E-state index contributed by atoms with van der Waals surface area (Å²) in [6.45, 7) is 8.71. The Bertz CT molecular complexity index is 326. The standard InChI is InChI=1S/C12H22ClN3O/c1-4-5-11-14-15-12(13)16(11)7-9-17-8-6-10(2)3/h10H,4-9H2,1-3H3. The van der Waals surface area contributed by atoms with E-state index in [0.717, 1.165) is 38.2 Å². The van der Waals surface area contributed by atoms with Gasteiger partial charge in [0.2, 0.25) is 5.28 Å². The molecule has 0 aliphatic rings. The van der Waals surface area contributed by atoms with E-state index in [4.69, 9.17) is 16.3 Å². The van der Waals surface area contributed by atoms with Crippen LogP contribution in [0.15, 0.2) is 0 Å². The van der Waals surface area contributed by atoms with Gasteiger partial charge in [-0.3, -0.25) is 4.57 Å². The molecule has 0 fully saturated rings. The molecule has 17 heavy (non-hydrogen) atoms. The van der Waals surface area contributed by atoms with Crippen LogP contribution < -0.4 is 0 Å². The zero-order chi connectivity index (χ0) is 12.7. The Labute approximate surface area is 108 Å². The quantitative estimate of drug-likeness (QED) is 0.674. The molecule has 0 unspecified atom stereocenters. The third-order valence-electron chi connectivity index (χ3n) is 2.55. The zero-order valence-electron chi connectivity index (χ0n) is 10.9. The Balaban J connectivity index is 2.32. The van der Waals surface area contributed by atoms with Crippen molar-refractivity contribution in [3.63, 3.8) is 0 Å². The molecule has 0 aromatic carbocycles. The van der Waals surface area contributed by atoms with Crippen molar-refractivity contribution in [1.82, 2.24) is 14.8 Å². The fourth-order valence-corrected chi connectivity index (χ4v) is 1.74. The van der Waals surface area contributed by atoms with Crippen LogP contribution in [-0.4, -0.2) is 28.0 Å². The van der Waals surface area contributed by atoms with Gasteiger partial charge in [0.15, 0.2) is 0 Å². The molecular weight excluding hydrogens is 238 g/mol. The number of nitrogens with zero attached hydrogens (tertiary/aromatic N) is 3. The van der Waals surface area contributed by atoms with Crippen LogP contribution >= 0.6 is 11.6 Å². The van der Waals surface area contributed by atoms with E-state index in [0.29, 0.717) is 17.8 Å². The summed E-state index contributed by atoms with van der Waals surface area (Å²) in [7, 11) is 0. The minimum absolute atomic E-state index is 0.459. The molecule has 0 N–H and O–H groups in total. The van der Waals surface area contributed by atoms with E-state index in [1.54, 1.807) is 0 Å². The van der Waals surface area contributed by atoms with E-state index in [-0.39, 0.29) is 0 Å². The van der Waals surface area contributed by atoms with Gasteiger partial charge in [-0.1, -0.05) is 20.8 Å². The second-order valence-corrected chi connectivity index (χ2v) is 4.92. The van der Waals surface area contributed by atoms with Gasteiger partial charge in [0.05, 0.1) is 13.2 Å². The Kier molecular flexibility index (Phi) is 6.52. The van der Waals surface area contributed by atoms with Crippen LogP contribution in [0, 0.1) is 5.92 Å². The molecule has 4 nitrogen and oxygen atoms in total. The van der Waals surface area contributed by atoms with Gasteiger partial charge in [-0.15, -0.1) is 10.2 Å². The van der Waals surface area contributed by atoms with Gasteiger partial charge in [-0.25, -0.2) is 0 Å². The molecule has 0 spiro atoms. The molecule has 1 aromatic heterocycles. The first-order valence-electron chi connectivity index (χ1n) is 6.30. The highest BCUT2D eigenvalue weighted by molar-refractivity contribution is 6.28. The topological polar surface area (TPSA) is 39.9 Å². The maximum atomic E-state index is 5.98. The van der Waals surface area contributed by atoms with Crippen LogP contribution in [0.5, 0.6) is 0 Å². The maximum Gasteiger partial charge on any atom is 0.225 e. The number of aryl methyl sites for hydroxylation is 1. The Morgan fingerprint density at radius 1 is 1.29 bits per heavy atom. The third-order valence-corrected chi connectivity index (χ3v) is 2.83. The summed E-state index contributed by atoms with van der Waals surface area (Å²) < 4.78 is 7.50. The number of hydrogen-bond acceptors (Lipinski definition) is 3. The minimum atomic E-state index is 0.459. The van der Waals surface area contributed by atoms with Crippen molar-refractivity contribution in [2.75, 3.05) is 13.2 Å². The highest BCUT2D eigenvalue weighted by Gasteiger charge is 2.08. The van der Waals surface area contributed by atoms with E-state index in [1.807, 2.05) is 4.57 Å². The van der Waals surface area contributed by atoms with E-state index in [2.05, 4.69) is 31.0 Å². The summed E-state index contributed by atoms with van der Waals surface area (Å²) in [5, 5.41) is 8.40. The van der Waals surface area contributed by atoms with Gasteiger partial charge in [-0.05, 0) is 30.4 Å². The fraction of sp³-hybridized carbons (Fsp3) is 0.833. The highest BCUT2D eigenvalue weighted by atomic mass is 35.5. The molecule has 0 saturated carbocycles. The lowest BCUT2D eigenvalue weighted by Gasteiger charge is -2.09. The number of aromatic nitrogens is 3. The van der Waals surface area contributed by atoms with Gasteiger partial charge in [0, 0.05) is 13.0 Å². The molecule has 0 radical (unpaired) electrons. The summed E-state index contributed by atoms with van der Waals surface area (Å²) >= 11 is 5.98. The Morgan fingerprint density at radius 3 is 2.71 bits per heavy atom. The zero-order valence-corrected chi connectivity index (χ0v) is 11.7. The van der Waals surface area contributed by atoms with E-state index in [1.165, 1.54) is 0 Å². The molecule has 5 heteroatoms. The molecule has 0 aliphatic heterocycles. The number of ether oxygens (including phenoxy) is 1. The molecule has 1 rings (SSSR count). The van der Waals surface area contributed by atoms with Crippen LogP contribution in [-0.2, 0) is 17.7 Å². The third kappa shape index (κ3) is 5.04. The Morgan fingerprint density at radius 2 is 2.06 bits per heavy atom. The normalized spacial score (nSPS) is 11.4. The van der Waals surface area contributed by atoms with Crippen molar-refractivity contribution < 1.29 is 4.74 Å². The maximum absolute atomic E-state index is 5.98. The molecule has 0 atom stereocenters. The smallest absolute Gasteiger partial charge is 0.225 e. The largest absolute Gasteiger partial charge is 0.380 e. The molecule has 1 heterocycles. The van der Waals surface area contributed by atoms with Crippen LogP contribution in [0.4, 0.5) is 0 Å².